The Morgan fingerprint density at radius 3 is 2.14 bits per heavy atom. The third-order valence-corrected chi connectivity index (χ3v) is 10.1. The van der Waals surface area contributed by atoms with Crippen LogP contribution in [0.4, 0.5) is 9.59 Å². The molecule has 2 aromatic carbocycles. The molecule has 2 aromatic heterocycles. The highest BCUT2D eigenvalue weighted by Gasteiger charge is 2.31. The van der Waals surface area contributed by atoms with E-state index in [0.717, 1.165) is 26.7 Å². The van der Waals surface area contributed by atoms with Gasteiger partial charge in [-0.25, -0.2) is 14.6 Å². The Morgan fingerprint density at radius 1 is 0.900 bits per heavy atom. The summed E-state index contributed by atoms with van der Waals surface area (Å²) in [7, 11) is 1.68. The van der Waals surface area contributed by atoms with E-state index >= 15 is 0 Å². The van der Waals surface area contributed by atoms with Crippen LogP contribution in [-0.4, -0.2) is 69.3 Å². The lowest BCUT2D eigenvalue weighted by Crippen LogP contribution is -2.55. The van der Waals surface area contributed by atoms with Crippen LogP contribution in [0.3, 0.4) is 0 Å². The van der Waals surface area contributed by atoms with Crippen molar-refractivity contribution in [2.75, 3.05) is 7.05 Å². The quantitative estimate of drug-likeness (QED) is 0.106. The summed E-state index contributed by atoms with van der Waals surface area (Å²) in [6.45, 7) is 8.28. The number of amides is 4. The Kier molecular flexibility index (Phi) is 14.7. The van der Waals surface area contributed by atoms with Crippen LogP contribution in [0.25, 0.3) is 0 Å². The Hall–Kier alpha value is -4.33. The van der Waals surface area contributed by atoms with Crippen molar-refractivity contribution in [3.05, 3.63) is 104 Å². The minimum absolute atomic E-state index is 0.0671. The number of carbonyl (C=O) groups excluding carboxylic acids is 3. The Balaban J connectivity index is 1.46. The monoisotopic (exact) mass is 720 g/mol. The fourth-order valence-corrected chi connectivity index (χ4v) is 6.72. The van der Waals surface area contributed by atoms with E-state index in [0.29, 0.717) is 25.3 Å². The van der Waals surface area contributed by atoms with Gasteiger partial charge in [-0.05, 0) is 36.3 Å². The maximum atomic E-state index is 13.9. The average Bonchev–Trinajstić information content (AvgIpc) is 3.79. The van der Waals surface area contributed by atoms with Crippen molar-refractivity contribution in [3.63, 3.8) is 0 Å². The average molecular weight is 721 g/mol. The summed E-state index contributed by atoms with van der Waals surface area (Å²) in [6, 6.07) is 16.8. The Labute approximate surface area is 302 Å². The van der Waals surface area contributed by atoms with E-state index < -0.39 is 30.3 Å². The van der Waals surface area contributed by atoms with Gasteiger partial charge in [-0.2, -0.15) is 0 Å². The van der Waals surface area contributed by atoms with Crippen LogP contribution < -0.4 is 16.0 Å². The van der Waals surface area contributed by atoms with Crippen molar-refractivity contribution >= 4 is 40.7 Å². The number of carbonyl (C=O) groups is 3. The lowest BCUT2D eigenvalue weighted by atomic mass is 9.93. The lowest BCUT2D eigenvalue weighted by Gasteiger charge is -2.30. The van der Waals surface area contributed by atoms with Crippen molar-refractivity contribution in [2.24, 2.45) is 5.92 Å². The molecule has 0 aliphatic rings. The van der Waals surface area contributed by atoms with Gasteiger partial charge in [0.25, 0.3) is 0 Å². The molecule has 4 N–H and O–H groups in total. The molecule has 50 heavy (non-hydrogen) atoms. The van der Waals surface area contributed by atoms with Gasteiger partial charge in [0.15, 0.2) is 0 Å². The summed E-state index contributed by atoms with van der Waals surface area (Å²) < 4.78 is 5.42. The number of urea groups is 1. The molecular weight excluding hydrogens is 673 g/mol. The second kappa shape index (κ2) is 19.2. The largest absolute Gasteiger partial charge is 0.444 e. The first-order valence-electron chi connectivity index (χ1n) is 16.8. The van der Waals surface area contributed by atoms with Crippen molar-refractivity contribution < 1.29 is 24.2 Å². The first-order chi connectivity index (χ1) is 24.0. The molecule has 11 nitrogen and oxygen atoms in total. The van der Waals surface area contributed by atoms with Crippen molar-refractivity contribution in [3.8, 4) is 0 Å². The van der Waals surface area contributed by atoms with E-state index in [1.165, 1.54) is 16.2 Å². The summed E-state index contributed by atoms with van der Waals surface area (Å²) in [5, 5.41) is 23.5. The number of ether oxygens (including phenoxy) is 1. The summed E-state index contributed by atoms with van der Waals surface area (Å²) in [6.07, 6.45) is 0.836. The molecule has 0 aliphatic heterocycles. The van der Waals surface area contributed by atoms with Gasteiger partial charge >= 0.3 is 12.1 Å². The van der Waals surface area contributed by atoms with E-state index in [1.54, 1.807) is 30.1 Å². The number of nitrogens with one attached hydrogen (secondary N) is 3. The number of hydrogen-bond donors (Lipinski definition) is 4. The first-order valence-corrected chi connectivity index (χ1v) is 18.6. The van der Waals surface area contributed by atoms with Crippen LogP contribution in [0.1, 0.15) is 66.7 Å². The lowest BCUT2D eigenvalue weighted by molar-refractivity contribution is -0.124. The molecule has 0 spiro atoms. The van der Waals surface area contributed by atoms with Crippen molar-refractivity contribution in [1.29, 1.82) is 0 Å². The molecule has 268 valence electrons. The minimum Gasteiger partial charge on any atom is -0.444 e. The Morgan fingerprint density at radius 2 is 1.56 bits per heavy atom. The highest BCUT2D eigenvalue weighted by Crippen LogP contribution is 2.20. The highest BCUT2D eigenvalue weighted by atomic mass is 32.1. The van der Waals surface area contributed by atoms with Gasteiger partial charge < -0.3 is 30.7 Å². The van der Waals surface area contributed by atoms with Gasteiger partial charge in [0.2, 0.25) is 5.91 Å². The molecule has 0 radical (unpaired) electrons. The predicted molar refractivity (Wildman–Crippen MR) is 197 cm³/mol. The number of nitrogens with zero attached hydrogens (tertiary/aromatic N) is 3. The van der Waals surface area contributed by atoms with Gasteiger partial charge in [0.1, 0.15) is 12.6 Å². The fraction of sp³-hybridized carbons (Fsp3) is 0.432. The minimum atomic E-state index is -1.05. The number of rotatable bonds is 17. The molecule has 4 atom stereocenters. The van der Waals surface area contributed by atoms with Gasteiger partial charge in [-0.3, -0.25) is 9.78 Å². The summed E-state index contributed by atoms with van der Waals surface area (Å²) in [5.41, 5.74) is 4.35. The zero-order valence-corrected chi connectivity index (χ0v) is 30.9. The first kappa shape index (κ1) is 38.5. The fourth-order valence-electron chi connectivity index (χ4n) is 5.39. The molecule has 13 heteroatoms. The van der Waals surface area contributed by atoms with Crippen LogP contribution in [0, 0.1) is 5.92 Å². The molecule has 0 saturated carbocycles. The number of aliphatic hydroxyl groups is 1. The van der Waals surface area contributed by atoms with Gasteiger partial charge in [0, 0.05) is 30.6 Å². The van der Waals surface area contributed by atoms with E-state index in [9.17, 15) is 19.5 Å². The smallest absolute Gasteiger partial charge is 0.407 e. The van der Waals surface area contributed by atoms with Crippen LogP contribution >= 0.6 is 22.7 Å². The third kappa shape index (κ3) is 12.2. The van der Waals surface area contributed by atoms with Gasteiger partial charge in [-0.1, -0.05) is 88.4 Å². The van der Waals surface area contributed by atoms with Gasteiger partial charge in [0.05, 0.1) is 39.8 Å². The number of benzene rings is 2. The molecule has 4 amide bonds. The van der Waals surface area contributed by atoms with E-state index in [4.69, 9.17) is 4.74 Å². The molecule has 4 aromatic rings. The maximum absolute atomic E-state index is 13.9. The third-order valence-electron chi connectivity index (χ3n) is 8.13. The zero-order valence-electron chi connectivity index (χ0n) is 29.2. The summed E-state index contributed by atoms with van der Waals surface area (Å²) in [4.78, 5) is 51.0. The standard InChI is InChI=1S/C37H48N6O5S2/c1-24(2)33(42-36(46)43(5)20-29-22-49-35(40-29)25(3)4)34(45)39-28(16-26-12-8-6-9-13-26)18-32(44)31(17-27-14-10-7-11-15-27)41-37(47)48-21-30-19-38-23-50-30/h6-15,19,22-25,28,31-33,44H,16-18,20-21H2,1-5H3,(H,39,45)(H,41,47)(H,42,46)/t28-,31-,32+,33+/m1/s1. The van der Waals surface area contributed by atoms with Crippen LogP contribution in [0.2, 0.25) is 0 Å². The summed E-state index contributed by atoms with van der Waals surface area (Å²) >= 11 is 2.95. The molecule has 0 saturated heterocycles. The molecule has 0 fully saturated rings. The second-order valence-corrected chi connectivity index (χ2v) is 14.9. The van der Waals surface area contributed by atoms with E-state index in [-0.39, 0.29) is 30.9 Å². The molecule has 0 bridgehead atoms. The van der Waals surface area contributed by atoms with Gasteiger partial charge in [-0.15, -0.1) is 22.7 Å². The molecule has 4 rings (SSSR count). The molecule has 0 unspecified atom stereocenters. The molecule has 2 heterocycles. The number of aromatic nitrogens is 2. The SMILES string of the molecule is CC(C)c1nc(CN(C)C(=O)N[C@H](C(=O)N[C@H](Cc2ccccc2)C[C@H](O)[C@@H](Cc2ccccc2)NC(=O)OCc2cncs2)C(C)C)cs1. The van der Waals surface area contributed by atoms with Crippen molar-refractivity contribution in [2.45, 2.75) is 90.3 Å². The second-order valence-electron chi connectivity index (χ2n) is 13.0. The normalized spacial score (nSPS) is 13.7. The number of alkyl carbamates (subject to hydrolysis) is 1. The maximum Gasteiger partial charge on any atom is 0.407 e. The topological polar surface area (TPSA) is 146 Å². The van der Waals surface area contributed by atoms with E-state index in [2.05, 4.69) is 39.8 Å². The molecule has 0 aliphatic carbocycles. The number of aliphatic hydroxyl groups excluding tert-OH is 1. The van der Waals surface area contributed by atoms with E-state index in [1.807, 2.05) is 79.9 Å². The number of hydrogen-bond acceptors (Lipinski definition) is 9. The van der Waals surface area contributed by atoms with Crippen LogP contribution in [0.5, 0.6) is 0 Å². The zero-order chi connectivity index (χ0) is 36.0. The molecular formula is C37H48N6O5S2. The van der Waals surface area contributed by atoms with Crippen LogP contribution in [0.15, 0.2) is 77.8 Å². The van der Waals surface area contributed by atoms with Crippen LogP contribution in [-0.2, 0) is 35.5 Å². The predicted octanol–water partition coefficient (Wildman–Crippen LogP) is 5.91. The number of thiazole rings is 2. The van der Waals surface area contributed by atoms with Crippen molar-refractivity contribution in [1.82, 2.24) is 30.8 Å². The Bertz CT molecular complexity index is 1620. The highest BCUT2D eigenvalue weighted by molar-refractivity contribution is 7.09. The summed E-state index contributed by atoms with van der Waals surface area (Å²) in [5.74, 6) is -0.277.